The molecule has 0 radical (unpaired) electrons. The molecule has 1 aromatic carbocycles. The van der Waals surface area contributed by atoms with E-state index in [1.165, 1.54) is 18.4 Å². The summed E-state index contributed by atoms with van der Waals surface area (Å²) in [6.07, 6.45) is 0. The molecule has 0 bridgehead atoms. The third-order valence-corrected chi connectivity index (χ3v) is 3.39. The number of carboxylic acid groups (broad SMARTS) is 1. The van der Waals surface area contributed by atoms with E-state index in [0.29, 0.717) is 5.13 Å². The maximum atomic E-state index is 11.1. The summed E-state index contributed by atoms with van der Waals surface area (Å²) < 4.78 is 0. The zero-order chi connectivity index (χ0) is 15.9. The lowest BCUT2D eigenvalue weighted by Crippen LogP contribution is -2.15. The van der Waals surface area contributed by atoms with Crippen molar-refractivity contribution in [3.63, 3.8) is 0 Å². The van der Waals surface area contributed by atoms with E-state index in [1.54, 1.807) is 5.38 Å². The van der Waals surface area contributed by atoms with Gasteiger partial charge in [0.1, 0.15) is 12.8 Å². The number of hydrazone groups is 1. The number of nitrogens with one attached hydrogen (secondary N) is 1. The van der Waals surface area contributed by atoms with Crippen LogP contribution in [0.25, 0.3) is 0 Å². The zero-order valence-corrected chi connectivity index (χ0v) is 12.8. The molecule has 7 nitrogen and oxygen atoms in total. The third-order valence-electron chi connectivity index (χ3n) is 2.64. The Kier molecular flexibility index (Phi) is 5.21. The van der Waals surface area contributed by atoms with Crippen molar-refractivity contribution in [2.45, 2.75) is 6.92 Å². The number of anilines is 1. The van der Waals surface area contributed by atoms with Crippen LogP contribution in [0.15, 0.2) is 46.0 Å². The summed E-state index contributed by atoms with van der Waals surface area (Å²) in [5.41, 5.74) is 4.55. The van der Waals surface area contributed by atoms with Crippen LogP contribution in [-0.4, -0.2) is 34.6 Å². The van der Waals surface area contributed by atoms with Crippen LogP contribution < -0.4 is 5.43 Å². The molecule has 2 rings (SSSR count). The topological polar surface area (TPSA) is 96.2 Å². The molecule has 8 heteroatoms. The van der Waals surface area contributed by atoms with Crippen LogP contribution in [0.2, 0.25) is 0 Å². The number of rotatable bonds is 6. The lowest BCUT2D eigenvalue weighted by Gasteiger charge is -2.00. The van der Waals surface area contributed by atoms with E-state index in [-0.39, 0.29) is 11.4 Å². The molecule has 2 N–H and O–H groups in total. The first-order chi connectivity index (χ1) is 10.6. The van der Waals surface area contributed by atoms with E-state index in [4.69, 9.17) is 5.11 Å². The molecule has 22 heavy (non-hydrogen) atoms. The quantitative estimate of drug-likeness (QED) is 0.630. The molecule has 0 amide bonds. The first-order valence-corrected chi connectivity index (χ1v) is 7.16. The molecule has 0 aliphatic heterocycles. The first-order valence-electron chi connectivity index (χ1n) is 6.28. The van der Waals surface area contributed by atoms with Crippen LogP contribution in [-0.2, 0) is 9.63 Å². The Morgan fingerprint density at radius 2 is 2.09 bits per heavy atom. The Bertz CT molecular complexity index is 710. The molecule has 0 saturated carbocycles. The Hall–Kier alpha value is -2.74. The second-order valence-electron chi connectivity index (χ2n) is 4.14. The molecular formula is C14H14N4O3S. The summed E-state index contributed by atoms with van der Waals surface area (Å²) >= 11 is 1.23. The summed E-state index contributed by atoms with van der Waals surface area (Å²) in [7, 11) is 1.28. The van der Waals surface area contributed by atoms with Gasteiger partial charge in [-0.05, 0) is 12.5 Å². The van der Waals surface area contributed by atoms with Gasteiger partial charge in [0.2, 0.25) is 10.8 Å². The largest absolute Gasteiger partial charge is 0.476 e. The molecule has 114 valence electrons. The van der Waals surface area contributed by atoms with Gasteiger partial charge in [0.05, 0.1) is 5.71 Å². The SMILES string of the molecule is CON=C(C(=O)O)c1csc(NN=C(C)c2ccccc2)n1. The molecule has 2 aromatic rings. The fourth-order valence-electron chi connectivity index (χ4n) is 1.60. The lowest BCUT2D eigenvalue weighted by atomic mass is 10.1. The molecular weight excluding hydrogens is 304 g/mol. The third kappa shape index (κ3) is 3.89. The van der Waals surface area contributed by atoms with Crippen molar-refractivity contribution in [1.82, 2.24) is 4.98 Å². The van der Waals surface area contributed by atoms with E-state index < -0.39 is 5.97 Å². The highest BCUT2D eigenvalue weighted by Gasteiger charge is 2.17. The van der Waals surface area contributed by atoms with E-state index in [1.807, 2.05) is 37.3 Å². The van der Waals surface area contributed by atoms with Crippen molar-refractivity contribution in [2.75, 3.05) is 12.5 Å². The van der Waals surface area contributed by atoms with Crippen molar-refractivity contribution in [2.24, 2.45) is 10.3 Å². The number of aliphatic carboxylic acids is 1. The van der Waals surface area contributed by atoms with Gasteiger partial charge >= 0.3 is 5.97 Å². The number of nitrogens with zero attached hydrogens (tertiary/aromatic N) is 3. The smallest absolute Gasteiger partial charge is 0.360 e. The Morgan fingerprint density at radius 1 is 1.36 bits per heavy atom. The highest BCUT2D eigenvalue weighted by atomic mass is 32.1. The fraction of sp³-hybridized carbons (Fsp3) is 0.143. The van der Waals surface area contributed by atoms with Gasteiger partial charge in [-0.1, -0.05) is 35.5 Å². The van der Waals surface area contributed by atoms with Crippen molar-refractivity contribution in [3.05, 3.63) is 47.0 Å². The van der Waals surface area contributed by atoms with Crippen LogP contribution >= 0.6 is 11.3 Å². The predicted molar refractivity (Wildman–Crippen MR) is 85.6 cm³/mol. The number of oxime groups is 1. The monoisotopic (exact) mass is 318 g/mol. The van der Waals surface area contributed by atoms with E-state index in [2.05, 4.69) is 25.5 Å². The van der Waals surface area contributed by atoms with Gasteiger partial charge in [-0.15, -0.1) is 11.3 Å². The zero-order valence-electron chi connectivity index (χ0n) is 12.0. The average molecular weight is 318 g/mol. The number of benzene rings is 1. The second kappa shape index (κ2) is 7.32. The maximum Gasteiger partial charge on any atom is 0.360 e. The minimum atomic E-state index is -1.21. The number of thiazole rings is 1. The van der Waals surface area contributed by atoms with E-state index in [9.17, 15) is 4.79 Å². The summed E-state index contributed by atoms with van der Waals surface area (Å²) in [6.45, 7) is 1.87. The van der Waals surface area contributed by atoms with Gasteiger partial charge in [-0.3, -0.25) is 5.43 Å². The van der Waals surface area contributed by atoms with E-state index in [0.717, 1.165) is 11.3 Å². The van der Waals surface area contributed by atoms with Crippen molar-refractivity contribution < 1.29 is 14.7 Å². The normalized spacial score (nSPS) is 12.1. The highest BCUT2D eigenvalue weighted by Crippen LogP contribution is 2.16. The van der Waals surface area contributed by atoms with Gasteiger partial charge in [-0.2, -0.15) is 5.10 Å². The molecule has 1 heterocycles. The van der Waals surface area contributed by atoms with Gasteiger partial charge in [-0.25, -0.2) is 9.78 Å². The molecule has 0 unspecified atom stereocenters. The lowest BCUT2D eigenvalue weighted by molar-refractivity contribution is -0.129. The van der Waals surface area contributed by atoms with Crippen LogP contribution in [0.5, 0.6) is 0 Å². The molecule has 0 saturated heterocycles. The van der Waals surface area contributed by atoms with Gasteiger partial charge in [0, 0.05) is 5.38 Å². The predicted octanol–water partition coefficient (Wildman–Crippen LogP) is 2.41. The number of hydrogen-bond acceptors (Lipinski definition) is 7. The second-order valence-corrected chi connectivity index (χ2v) is 5.00. The molecule has 0 spiro atoms. The minimum absolute atomic E-state index is 0.217. The number of aromatic nitrogens is 1. The van der Waals surface area contributed by atoms with Crippen LogP contribution in [0.4, 0.5) is 5.13 Å². The highest BCUT2D eigenvalue weighted by molar-refractivity contribution is 7.14. The van der Waals surface area contributed by atoms with Crippen molar-refractivity contribution in [3.8, 4) is 0 Å². The molecule has 0 aliphatic carbocycles. The van der Waals surface area contributed by atoms with E-state index >= 15 is 0 Å². The molecule has 0 atom stereocenters. The Labute approximate surface area is 131 Å². The summed E-state index contributed by atoms with van der Waals surface area (Å²) in [5.74, 6) is -1.21. The standard InChI is InChI=1S/C14H14N4O3S/c1-9(10-6-4-3-5-7-10)16-17-14-15-11(8-22-14)12(13(19)20)18-21-2/h3-8H,1-2H3,(H,15,17)(H,19,20). The van der Waals surface area contributed by atoms with Gasteiger partial charge in [0.15, 0.2) is 0 Å². The summed E-state index contributed by atoms with van der Waals surface area (Å²) in [5, 5.41) is 18.8. The Morgan fingerprint density at radius 3 is 2.73 bits per heavy atom. The van der Waals surface area contributed by atoms with Gasteiger partial charge < -0.3 is 9.94 Å². The van der Waals surface area contributed by atoms with Crippen LogP contribution in [0.1, 0.15) is 18.2 Å². The Balaban J connectivity index is 2.13. The minimum Gasteiger partial charge on any atom is -0.476 e. The van der Waals surface area contributed by atoms with Gasteiger partial charge in [0.25, 0.3) is 0 Å². The number of carboxylic acids is 1. The average Bonchev–Trinajstić information content (AvgIpc) is 2.99. The van der Waals surface area contributed by atoms with Crippen LogP contribution in [0, 0.1) is 0 Å². The molecule has 0 aliphatic rings. The number of carbonyl (C=O) groups is 1. The van der Waals surface area contributed by atoms with Crippen molar-refractivity contribution >= 4 is 33.9 Å². The van der Waals surface area contributed by atoms with Crippen molar-refractivity contribution in [1.29, 1.82) is 0 Å². The number of hydrogen-bond donors (Lipinski definition) is 2. The molecule has 1 aromatic heterocycles. The first kappa shape index (κ1) is 15.6. The van der Waals surface area contributed by atoms with Crippen LogP contribution in [0.3, 0.4) is 0 Å². The summed E-state index contributed by atoms with van der Waals surface area (Å²) in [6, 6.07) is 9.68. The molecule has 0 fully saturated rings. The summed E-state index contributed by atoms with van der Waals surface area (Å²) in [4.78, 5) is 19.7. The maximum absolute atomic E-state index is 11.1. The fourth-order valence-corrected chi connectivity index (χ4v) is 2.23.